The second-order valence-corrected chi connectivity index (χ2v) is 8.29. The Hall–Kier alpha value is -2.34. The van der Waals surface area contributed by atoms with E-state index in [2.05, 4.69) is 26.6 Å². The van der Waals surface area contributed by atoms with Gasteiger partial charge in [-0.1, -0.05) is 30.3 Å². The van der Waals surface area contributed by atoms with Gasteiger partial charge in [0.1, 0.15) is 5.82 Å². The number of anilines is 2. The summed E-state index contributed by atoms with van der Waals surface area (Å²) in [5.41, 5.74) is 6.65. The number of carbonyl (C=O) groups is 2. The monoisotopic (exact) mass is 610 g/mol. The minimum Gasteiger partial charge on any atom is -0.465 e. The number of nitrogens with one attached hydrogen (secondary N) is 5. The number of carbonyl (C=O) groups excluding carboxylic acids is 2. The van der Waals surface area contributed by atoms with Crippen LogP contribution >= 0.6 is 37.2 Å². The minimum absolute atomic E-state index is 0. The lowest BCUT2D eigenvalue weighted by molar-refractivity contribution is 0.0602. The van der Waals surface area contributed by atoms with Gasteiger partial charge in [-0.15, -0.1) is 37.2 Å². The van der Waals surface area contributed by atoms with Gasteiger partial charge in [-0.25, -0.2) is 14.0 Å². The molecule has 0 atom stereocenters. The number of halogens is 4. The lowest BCUT2D eigenvalue weighted by Gasteiger charge is -2.15. The summed E-state index contributed by atoms with van der Waals surface area (Å²) in [6.45, 7) is 5.20. The second-order valence-electron chi connectivity index (χ2n) is 8.29. The van der Waals surface area contributed by atoms with Gasteiger partial charge < -0.3 is 37.1 Å². The van der Waals surface area contributed by atoms with Crippen LogP contribution in [0.15, 0.2) is 42.5 Å². The average molecular weight is 612 g/mol. The van der Waals surface area contributed by atoms with Gasteiger partial charge in [-0.2, -0.15) is 0 Å². The molecule has 0 bridgehead atoms. The summed E-state index contributed by atoms with van der Waals surface area (Å²) in [7, 11) is 1.24. The molecule has 0 saturated heterocycles. The number of hydrogen-bond donors (Lipinski definition) is 6. The fourth-order valence-electron chi connectivity index (χ4n) is 3.45. The van der Waals surface area contributed by atoms with E-state index < -0.39 is 17.8 Å². The molecule has 0 aliphatic carbocycles. The van der Waals surface area contributed by atoms with Crippen LogP contribution in [0.5, 0.6) is 0 Å². The van der Waals surface area contributed by atoms with E-state index in [9.17, 15) is 14.0 Å². The van der Waals surface area contributed by atoms with Gasteiger partial charge in [-0.05, 0) is 70.0 Å². The van der Waals surface area contributed by atoms with E-state index in [1.807, 2.05) is 30.3 Å². The van der Waals surface area contributed by atoms with Crippen molar-refractivity contribution in [2.75, 3.05) is 57.0 Å². The van der Waals surface area contributed by atoms with Crippen LogP contribution in [0.25, 0.3) is 0 Å². The maximum Gasteiger partial charge on any atom is 0.340 e. The third-order valence-electron chi connectivity index (χ3n) is 5.42. The molecule has 0 spiro atoms. The lowest BCUT2D eigenvalue weighted by atomic mass is 10.1. The van der Waals surface area contributed by atoms with Gasteiger partial charge in [0.2, 0.25) is 0 Å². The Morgan fingerprint density at radius 2 is 1.46 bits per heavy atom. The topological polar surface area (TPSA) is 130 Å². The molecule has 0 saturated carbocycles. The SMILES string of the molecule is COC(=O)c1cc(NCCCNCCCCNCCCN)c(F)cc1NC(=O)NCc1ccccc1.Cl.Cl.Cl. The van der Waals surface area contributed by atoms with Crippen LogP contribution < -0.4 is 32.3 Å². The Kier molecular flexibility index (Phi) is 23.4. The van der Waals surface area contributed by atoms with E-state index in [0.29, 0.717) is 19.6 Å². The molecule has 0 radical (unpaired) electrons. The Morgan fingerprint density at radius 3 is 2.08 bits per heavy atom. The first kappa shape index (κ1) is 38.8. The third-order valence-corrected chi connectivity index (χ3v) is 5.42. The van der Waals surface area contributed by atoms with Crippen molar-refractivity contribution < 1.29 is 18.7 Å². The molecule has 9 nitrogen and oxygen atoms in total. The fourth-order valence-corrected chi connectivity index (χ4v) is 3.45. The maximum absolute atomic E-state index is 14.7. The van der Waals surface area contributed by atoms with Crippen LogP contribution in [0, 0.1) is 5.82 Å². The standard InChI is InChI=1S/C26H39FN6O3.3ClH/c1-36-25(34)21-17-24(31-16-8-15-30-13-6-5-12-29-14-7-11-28)22(27)18-23(21)33-26(35)32-19-20-9-3-2-4-10-20;;;/h2-4,9-10,17-18,29-31H,5-8,11-16,19,28H2,1H3,(H2,32,33,35);3*1H. The van der Waals surface area contributed by atoms with E-state index in [4.69, 9.17) is 10.5 Å². The van der Waals surface area contributed by atoms with Crippen LogP contribution in [0.4, 0.5) is 20.6 Å². The molecule has 222 valence electrons. The van der Waals surface area contributed by atoms with Gasteiger partial charge >= 0.3 is 12.0 Å². The first-order valence-corrected chi connectivity index (χ1v) is 12.4. The zero-order valence-corrected chi connectivity index (χ0v) is 24.7. The first-order valence-electron chi connectivity index (χ1n) is 12.4. The number of unbranched alkanes of at least 4 members (excludes halogenated alkanes) is 1. The van der Waals surface area contributed by atoms with E-state index >= 15 is 0 Å². The number of rotatable bonds is 17. The third kappa shape index (κ3) is 15.7. The molecule has 0 aromatic heterocycles. The number of nitrogens with two attached hydrogens (primary N) is 1. The second kappa shape index (κ2) is 23.5. The van der Waals surface area contributed by atoms with Gasteiger partial charge in [0.25, 0.3) is 0 Å². The average Bonchev–Trinajstić information content (AvgIpc) is 2.89. The quantitative estimate of drug-likeness (QED) is 0.116. The van der Waals surface area contributed by atoms with E-state index in [1.165, 1.54) is 13.2 Å². The minimum atomic E-state index is -0.671. The predicted octanol–water partition coefficient (Wildman–Crippen LogP) is 4.31. The smallest absolute Gasteiger partial charge is 0.340 e. The Bertz CT molecular complexity index is 945. The Balaban J connectivity index is 0. The zero-order valence-electron chi connectivity index (χ0n) is 22.2. The molecule has 2 amide bonds. The molecular formula is C26H42Cl3FN6O3. The Morgan fingerprint density at radius 1 is 0.846 bits per heavy atom. The van der Waals surface area contributed by atoms with Gasteiger partial charge in [0.05, 0.1) is 24.0 Å². The number of ether oxygens (including phenoxy) is 1. The molecule has 7 N–H and O–H groups in total. The van der Waals surface area contributed by atoms with E-state index in [0.717, 1.165) is 63.5 Å². The van der Waals surface area contributed by atoms with Crippen LogP contribution in [0.3, 0.4) is 0 Å². The number of esters is 1. The van der Waals surface area contributed by atoms with Gasteiger partial charge in [0.15, 0.2) is 0 Å². The van der Waals surface area contributed by atoms with Crippen molar-refractivity contribution in [1.29, 1.82) is 0 Å². The number of urea groups is 1. The molecule has 0 aliphatic rings. The van der Waals surface area contributed by atoms with Crippen molar-refractivity contribution in [1.82, 2.24) is 16.0 Å². The summed E-state index contributed by atoms with van der Waals surface area (Å²) in [6.07, 6.45) is 3.95. The first-order chi connectivity index (χ1) is 17.5. The summed E-state index contributed by atoms with van der Waals surface area (Å²) in [4.78, 5) is 24.6. The highest BCUT2D eigenvalue weighted by atomic mass is 35.5. The van der Waals surface area contributed by atoms with Crippen LogP contribution in [0.1, 0.15) is 41.6 Å². The highest BCUT2D eigenvalue weighted by Crippen LogP contribution is 2.25. The predicted molar refractivity (Wildman–Crippen MR) is 164 cm³/mol. The van der Waals surface area contributed by atoms with E-state index in [1.54, 1.807) is 0 Å². The highest BCUT2D eigenvalue weighted by molar-refractivity contribution is 6.01. The summed E-state index contributed by atoms with van der Waals surface area (Å²) in [6, 6.07) is 11.3. The van der Waals surface area contributed by atoms with Crippen molar-refractivity contribution in [3.63, 3.8) is 0 Å². The maximum atomic E-state index is 14.7. The van der Waals surface area contributed by atoms with Crippen molar-refractivity contribution >= 4 is 60.6 Å². The van der Waals surface area contributed by atoms with E-state index in [-0.39, 0.29) is 54.2 Å². The summed E-state index contributed by atoms with van der Waals surface area (Å²) in [5, 5.41) is 15.0. The molecule has 13 heteroatoms. The van der Waals surface area contributed by atoms with Crippen molar-refractivity contribution in [2.45, 2.75) is 32.2 Å². The van der Waals surface area contributed by atoms with Crippen LogP contribution in [-0.2, 0) is 11.3 Å². The molecule has 0 fully saturated rings. The molecule has 2 rings (SSSR count). The summed E-state index contributed by atoms with van der Waals surface area (Å²) >= 11 is 0. The lowest BCUT2D eigenvalue weighted by Crippen LogP contribution is -2.29. The van der Waals surface area contributed by atoms with Crippen molar-refractivity contribution in [3.05, 3.63) is 59.4 Å². The number of methoxy groups -OCH3 is 1. The molecular weight excluding hydrogens is 570 g/mol. The summed E-state index contributed by atoms with van der Waals surface area (Å²) < 4.78 is 19.5. The van der Waals surface area contributed by atoms with Crippen molar-refractivity contribution in [2.24, 2.45) is 5.73 Å². The molecule has 0 unspecified atom stereocenters. The zero-order chi connectivity index (χ0) is 26.0. The molecule has 0 aliphatic heterocycles. The van der Waals surface area contributed by atoms with Crippen molar-refractivity contribution in [3.8, 4) is 0 Å². The number of hydrogen-bond acceptors (Lipinski definition) is 7. The molecule has 0 heterocycles. The highest BCUT2D eigenvalue weighted by Gasteiger charge is 2.18. The normalized spacial score (nSPS) is 9.82. The molecule has 2 aromatic carbocycles. The van der Waals surface area contributed by atoms with Gasteiger partial charge in [0, 0.05) is 19.2 Å². The van der Waals surface area contributed by atoms with Gasteiger partial charge in [-0.3, -0.25) is 0 Å². The number of amides is 2. The summed E-state index contributed by atoms with van der Waals surface area (Å²) in [5.74, 6) is -1.24. The molecule has 39 heavy (non-hydrogen) atoms. The van der Waals surface area contributed by atoms with Crippen LogP contribution in [-0.4, -0.2) is 58.4 Å². The van der Waals surface area contributed by atoms with Crippen LogP contribution in [0.2, 0.25) is 0 Å². The Labute approximate surface area is 249 Å². The largest absolute Gasteiger partial charge is 0.465 e. The number of benzene rings is 2. The fraction of sp³-hybridized carbons (Fsp3) is 0.462. The molecule has 2 aromatic rings.